The van der Waals surface area contributed by atoms with Crippen molar-refractivity contribution in [3.63, 3.8) is 0 Å². The Kier molecular flexibility index (Phi) is 3.16. The Morgan fingerprint density at radius 1 is 1.30 bits per heavy atom. The molecule has 1 N–H and O–H groups in total. The summed E-state index contributed by atoms with van der Waals surface area (Å²) in [6, 6.07) is 8.62. The van der Waals surface area contributed by atoms with Crippen LogP contribution >= 0.6 is 0 Å². The maximum absolute atomic E-state index is 13.8. The van der Waals surface area contributed by atoms with E-state index in [2.05, 4.69) is 20.8 Å². The first-order valence-electron chi connectivity index (χ1n) is 6.11. The largest absolute Gasteiger partial charge is 0.377 e. The van der Waals surface area contributed by atoms with E-state index in [0.29, 0.717) is 17.9 Å². The van der Waals surface area contributed by atoms with Gasteiger partial charge in [0.2, 0.25) is 0 Å². The standard InChI is InChI=1S/C13H13FN6/c1-19-6-2-3-11(19)8-15-13-7-10(4-5-12(13)14)20-9-16-17-18-20/h2-7,9,15H,8H2,1H3. The van der Waals surface area contributed by atoms with Gasteiger partial charge in [0, 0.05) is 18.9 Å². The topological polar surface area (TPSA) is 60.6 Å². The lowest BCUT2D eigenvalue weighted by molar-refractivity contribution is 0.628. The van der Waals surface area contributed by atoms with Crippen molar-refractivity contribution in [1.82, 2.24) is 24.8 Å². The van der Waals surface area contributed by atoms with Crippen LogP contribution < -0.4 is 5.32 Å². The van der Waals surface area contributed by atoms with E-state index in [0.717, 1.165) is 5.69 Å². The van der Waals surface area contributed by atoms with Gasteiger partial charge in [-0.2, -0.15) is 0 Å². The second-order valence-corrected chi connectivity index (χ2v) is 4.38. The number of hydrogen-bond donors (Lipinski definition) is 1. The van der Waals surface area contributed by atoms with Gasteiger partial charge < -0.3 is 9.88 Å². The fraction of sp³-hybridized carbons (Fsp3) is 0.154. The number of nitrogens with zero attached hydrogens (tertiary/aromatic N) is 5. The van der Waals surface area contributed by atoms with E-state index < -0.39 is 0 Å². The molecule has 2 heterocycles. The summed E-state index contributed by atoms with van der Waals surface area (Å²) < 4.78 is 17.3. The second-order valence-electron chi connectivity index (χ2n) is 4.38. The number of benzene rings is 1. The third kappa shape index (κ3) is 2.37. The van der Waals surface area contributed by atoms with Crippen molar-refractivity contribution < 1.29 is 4.39 Å². The molecule has 0 bridgehead atoms. The number of rotatable bonds is 4. The molecule has 0 saturated heterocycles. The average molecular weight is 272 g/mol. The van der Waals surface area contributed by atoms with Crippen molar-refractivity contribution in [2.75, 3.05) is 5.32 Å². The van der Waals surface area contributed by atoms with E-state index in [1.165, 1.54) is 17.1 Å². The smallest absolute Gasteiger partial charge is 0.146 e. The zero-order valence-corrected chi connectivity index (χ0v) is 10.9. The molecule has 3 rings (SSSR count). The monoisotopic (exact) mass is 272 g/mol. The summed E-state index contributed by atoms with van der Waals surface area (Å²) in [5, 5.41) is 14.0. The lowest BCUT2D eigenvalue weighted by Gasteiger charge is -2.10. The maximum Gasteiger partial charge on any atom is 0.146 e. The molecule has 102 valence electrons. The molecule has 0 spiro atoms. The molecular weight excluding hydrogens is 259 g/mol. The van der Waals surface area contributed by atoms with Gasteiger partial charge >= 0.3 is 0 Å². The van der Waals surface area contributed by atoms with Crippen LogP contribution in [0.15, 0.2) is 42.9 Å². The predicted octanol–water partition coefficient (Wildman–Crippen LogP) is 1.75. The van der Waals surface area contributed by atoms with E-state index in [1.54, 1.807) is 12.1 Å². The minimum absolute atomic E-state index is 0.309. The van der Waals surface area contributed by atoms with E-state index in [4.69, 9.17) is 0 Å². The summed E-state index contributed by atoms with van der Waals surface area (Å²) in [6.45, 7) is 0.541. The third-order valence-electron chi connectivity index (χ3n) is 3.07. The molecule has 0 unspecified atom stereocenters. The SMILES string of the molecule is Cn1cccc1CNc1cc(-n2cnnn2)ccc1F. The van der Waals surface area contributed by atoms with E-state index in [1.807, 2.05) is 29.9 Å². The van der Waals surface area contributed by atoms with Gasteiger partial charge in [-0.1, -0.05) is 0 Å². The quantitative estimate of drug-likeness (QED) is 0.786. The van der Waals surface area contributed by atoms with E-state index in [-0.39, 0.29) is 5.82 Å². The molecule has 2 aromatic heterocycles. The van der Waals surface area contributed by atoms with Crippen LogP contribution in [-0.4, -0.2) is 24.8 Å². The highest BCUT2D eigenvalue weighted by Gasteiger charge is 2.06. The number of nitrogens with one attached hydrogen (secondary N) is 1. The van der Waals surface area contributed by atoms with Crippen molar-refractivity contribution >= 4 is 5.69 Å². The molecule has 0 radical (unpaired) electrons. The third-order valence-corrected chi connectivity index (χ3v) is 3.07. The van der Waals surface area contributed by atoms with Gasteiger partial charge in [-0.25, -0.2) is 9.07 Å². The first-order valence-corrected chi connectivity index (χ1v) is 6.11. The number of hydrogen-bond acceptors (Lipinski definition) is 4. The van der Waals surface area contributed by atoms with Crippen LogP contribution in [0.1, 0.15) is 5.69 Å². The molecule has 6 nitrogen and oxygen atoms in total. The van der Waals surface area contributed by atoms with Gasteiger partial charge in [0.05, 0.1) is 17.9 Å². The number of aromatic nitrogens is 5. The van der Waals surface area contributed by atoms with Crippen LogP contribution in [0.4, 0.5) is 10.1 Å². The highest BCUT2D eigenvalue weighted by atomic mass is 19.1. The Labute approximate surface area is 114 Å². The average Bonchev–Trinajstić information content (AvgIpc) is 3.10. The van der Waals surface area contributed by atoms with Crippen molar-refractivity contribution in [2.45, 2.75) is 6.54 Å². The predicted molar refractivity (Wildman–Crippen MR) is 71.9 cm³/mol. The Balaban J connectivity index is 1.82. The Hall–Kier alpha value is -2.70. The van der Waals surface area contributed by atoms with Crippen LogP contribution in [0, 0.1) is 5.82 Å². The number of halogens is 1. The molecule has 3 aromatic rings. The summed E-state index contributed by atoms with van der Waals surface area (Å²) in [5.41, 5.74) is 2.18. The van der Waals surface area contributed by atoms with Gasteiger partial charge in [-0.3, -0.25) is 0 Å². The molecule has 0 aliphatic rings. The molecule has 0 atom stereocenters. The molecule has 0 aliphatic carbocycles. The molecular formula is C13H13FN6. The van der Waals surface area contributed by atoms with Crippen LogP contribution in [0.5, 0.6) is 0 Å². The first-order chi connectivity index (χ1) is 9.74. The fourth-order valence-corrected chi connectivity index (χ4v) is 1.94. The minimum Gasteiger partial charge on any atom is -0.377 e. The minimum atomic E-state index is -0.309. The molecule has 20 heavy (non-hydrogen) atoms. The summed E-state index contributed by atoms with van der Waals surface area (Å²) in [7, 11) is 1.95. The first kappa shape index (κ1) is 12.3. The Morgan fingerprint density at radius 2 is 2.20 bits per heavy atom. The Bertz CT molecular complexity index is 703. The van der Waals surface area contributed by atoms with E-state index >= 15 is 0 Å². The number of anilines is 1. The molecule has 0 aliphatic heterocycles. The molecule has 1 aromatic carbocycles. The van der Waals surface area contributed by atoms with Gasteiger partial charge in [0.1, 0.15) is 12.1 Å². The summed E-state index contributed by atoms with van der Waals surface area (Å²) in [5.74, 6) is -0.309. The van der Waals surface area contributed by atoms with Crippen molar-refractivity contribution in [3.8, 4) is 5.69 Å². The normalized spacial score (nSPS) is 10.7. The fourth-order valence-electron chi connectivity index (χ4n) is 1.94. The number of tetrazole rings is 1. The summed E-state index contributed by atoms with van der Waals surface area (Å²) in [4.78, 5) is 0. The maximum atomic E-state index is 13.8. The molecule has 7 heteroatoms. The highest BCUT2D eigenvalue weighted by Crippen LogP contribution is 2.19. The zero-order chi connectivity index (χ0) is 13.9. The van der Waals surface area contributed by atoms with Gasteiger partial charge in [0.25, 0.3) is 0 Å². The summed E-state index contributed by atoms with van der Waals surface area (Å²) in [6.07, 6.45) is 3.42. The Morgan fingerprint density at radius 3 is 2.90 bits per heavy atom. The number of aryl methyl sites for hydroxylation is 1. The van der Waals surface area contributed by atoms with Crippen molar-refractivity contribution in [2.24, 2.45) is 7.05 Å². The van der Waals surface area contributed by atoms with Crippen LogP contribution in [0.2, 0.25) is 0 Å². The molecule has 0 saturated carbocycles. The molecule has 0 amide bonds. The van der Waals surface area contributed by atoms with Gasteiger partial charge in [0.15, 0.2) is 0 Å². The van der Waals surface area contributed by atoms with Crippen molar-refractivity contribution in [3.05, 3.63) is 54.4 Å². The van der Waals surface area contributed by atoms with E-state index in [9.17, 15) is 4.39 Å². The van der Waals surface area contributed by atoms with Crippen molar-refractivity contribution in [1.29, 1.82) is 0 Å². The second kappa shape index (κ2) is 5.12. The van der Waals surface area contributed by atoms with Gasteiger partial charge in [-0.05, 0) is 40.8 Å². The zero-order valence-electron chi connectivity index (χ0n) is 10.9. The lowest BCUT2D eigenvalue weighted by Crippen LogP contribution is -2.06. The highest BCUT2D eigenvalue weighted by molar-refractivity contribution is 5.52. The molecule has 0 fully saturated rings. The summed E-state index contributed by atoms with van der Waals surface area (Å²) >= 11 is 0. The van der Waals surface area contributed by atoms with Crippen LogP contribution in [0.3, 0.4) is 0 Å². The lowest BCUT2D eigenvalue weighted by atomic mass is 10.2. The van der Waals surface area contributed by atoms with Crippen LogP contribution in [-0.2, 0) is 13.6 Å². The van der Waals surface area contributed by atoms with Gasteiger partial charge in [-0.15, -0.1) is 5.10 Å². The van der Waals surface area contributed by atoms with Crippen LogP contribution in [0.25, 0.3) is 5.69 Å².